The molecule has 0 saturated heterocycles. The summed E-state index contributed by atoms with van der Waals surface area (Å²) in [5.41, 5.74) is 0.866. The number of H-pyrrole nitrogens is 1. The van der Waals surface area contributed by atoms with Crippen molar-refractivity contribution in [3.63, 3.8) is 0 Å². The molecule has 50 valence electrons. The lowest BCUT2D eigenvalue weighted by Gasteiger charge is -1.81. The Morgan fingerprint density at radius 1 is 1.50 bits per heavy atom. The first-order valence-corrected chi connectivity index (χ1v) is 2.85. The molecule has 1 N–H and O–H groups in total. The molecule has 0 spiro atoms. The maximum atomic E-state index is 5.01. The maximum Gasteiger partial charge on any atom is 0.229 e. The molecule has 0 unspecified atom stereocenters. The minimum atomic E-state index is 0.591. The van der Waals surface area contributed by atoms with Crippen LogP contribution < -0.4 is 0 Å². The zero-order chi connectivity index (χ0) is 6.81. The summed E-state index contributed by atoms with van der Waals surface area (Å²) in [4.78, 5) is 3.93. The Balaban J connectivity index is 2.48. The smallest absolute Gasteiger partial charge is 0.229 e. The Bertz CT molecular complexity index is 252. The topological polar surface area (TPSA) is 54.7 Å². The largest absolute Gasteiger partial charge is 0.444 e. The van der Waals surface area contributed by atoms with Crippen molar-refractivity contribution in [2.45, 2.75) is 0 Å². The summed E-state index contributed by atoms with van der Waals surface area (Å²) in [7, 11) is 0. The van der Waals surface area contributed by atoms with Crippen LogP contribution in [-0.2, 0) is 0 Å². The van der Waals surface area contributed by atoms with Gasteiger partial charge in [-0.05, 0) is 0 Å². The molecule has 0 saturated carbocycles. The van der Waals surface area contributed by atoms with Crippen LogP contribution in [0.3, 0.4) is 0 Å². The van der Waals surface area contributed by atoms with Crippen LogP contribution in [0.2, 0.25) is 0 Å². The monoisotopic (exact) mass is 135 g/mol. The van der Waals surface area contributed by atoms with Crippen LogP contribution in [0.4, 0.5) is 0 Å². The standard InChI is InChI=1S/C6H5N3O/c1-2-10-6(7-1)5-3-8-9-4-5/h1-4H,(H,8,9). The van der Waals surface area contributed by atoms with Gasteiger partial charge in [-0.15, -0.1) is 0 Å². The van der Waals surface area contributed by atoms with Crippen molar-refractivity contribution in [1.82, 2.24) is 15.2 Å². The van der Waals surface area contributed by atoms with Crippen molar-refractivity contribution >= 4 is 0 Å². The molecule has 2 rings (SSSR count). The molecule has 0 aliphatic heterocycles. The molecule has 2 aromatic heterocycles. The van der Waals surface area contributed by atoms with E-state index in [1.807, 2.05) is 0 Å². The van der Waals surface area contributed by atoms with Gasteiger partial charge in [0, 0.05) is 6.20 Å². The summed E-state index contributed by atoms with van der Waals surface area (Å²) < 4.78 is 5.01. The van der Waals surface area contributed by atoms with E-state index in [0.29, 0.717) is 5.89 Å². The van der Waals surface area contributed by atoms with Crippen molar-refractivity contribution in [1.29, 1.82) is 0 Å². The van der Waals surface area contributed by atoms with E-state index in [-0.39, 0.29) is 0 Å². The van der Waals surface area contributed by atoms with E-state index in [2.05, 4.69) is 15.2 Å². The molecule has 4 nitrogen and oxygen atoms in total. The molecule has 0 atom stereocenters. The zero-order valence-corrected chi connectivity index (χ0v) is 5.11. The predicted octanol–water partition coefficient (Wildman–Crippen LogP) is 1.06. The summed E-state index contributed by atoms with van der Waals surface area (Å²) in [5.74, 6) is 0.591. The second kappa shape index (κ2) is 1.98. The molecule has 0 radical (unpaired) electrons. The van der Waals surface area contributed by atoms with E-state index in [4.69, 9.17) is 4.42 Å². The number of aromatic amines is 1. The van der Waals surface area contributed by atoms with Crippen LogP contribution in [0, 0.1) is 0 Å². The number of oxazole rings is 1. The first kappa shape index (κ1) is 5.22. The summed E-state index contributed by atoms with van der Waals surface area (Å²) in [5, 5.41) is 6.42. The summed E-state index contributed by atoms with van der Waals surface area (Å²) in [6, 6.07) is 0. The SMILES string of the molecule is c1coc(-c2cn[nH]c2)n1. The van der Waals surface area contributed by atoms with Crippen molar-refractivity contribution in [2.24, 2.45) is 0 Å². The molecular formula is C6H5N3O. The summed E-state index contributed by atoms with van der Waals surface area (Å²) >= 11 is 0. The van der Waals surface area contributed by atoms with E-state index < -0.39 is 0 Å². The van der Waals surface area contributed by atoms with Crippen LogP contribution in [0.15, 0.2) is 29.3 Å². The Hall–Kier alpha value is -1.58. The van der Waals surface area contributed by atoms with Crippen molar-refractivity contribution in [2.75, 3.05) is 0 Å². The maximum absolute atomic E-state index is 5.01. The van der Waals surface area contributed by atoms with Crippen LogP contribution in [0.25, 0.3) is 11.5 Å². The minimum absolute atomic E-state index is 0.591. The van der Waals surface area contributed by atoms with Crippen LogP contribution >= 0.6 is 0 Å². The van der Waals surface area contributed by atoms with Gasteiger partial charge >= 0.3 is 0 Å². The molecule has 10 heavy (non-hydrogen) atoms. The van der Waals surface area contributed by atoms with Gasteiger partial charge in [0.15, 0.2) is 0 Å². The number of nitrogens with zero attached hydrogens (tertiary/aromatic N) is 2. The Morgan fingerprint density at radius 2 is 2.50 bits per heavy atom. The average molecular weight is 135 g/mol. The highest BCUT2D eigenvalue weighted by Gasteiger charge is 2.00. The van der Waals surface area contributed by atoms with Gasteiger partial charge in [0.2, 0.25) is 5.89 Å². The number of nitrogens with one attached hydrogen (secondary N) is 1. The van der Waals surface area contributed by atoms with Crippen molar-refractivity contribution < 1.29 is 4.42 Å². The fraction of sp³-hybridized carbons (Fsp3) is 0. The van der Waals surface area contributed by atoms with Gasteiger partial charge in [0.1, 0.15) is 6.26 Å². The normalized spacial score (nSPS) is 10.0. The van der Waals surface area contributed by atoms with Gasteiger partial charge in [-0.3, -0.25) is 5.10 Å². The average Bonchev–Trinajstić information content (AvgIpc) is 2.59. The highest BCUT2D eigenvalue weighted by molar-refractivity contribution is 5.48. The van der Waals surface area contributed by atoms with Crippen LogP contribution in [0.5, 0.6) is 0 Å². The Kier molecular flexibility index (Phi) is 1.04. The fourth-order valence-electron chi connectivity index (χ4n) is 0.734. The molecule has 0 aliphatic rings. The molecule has 0 aromatic carbocycles. The molecule has 2 heterocycles. The summed E-state index contributed by atoms with van der Waals surface area (Å²) in [6.07, 6.45) is 6.52. The number of rotatable bonds is 1. The lowest BCUT2D eigenvalue weighted by molar-refractivity contribution is 0.574. The van der Waals surface area contributed by atoms with E-state index in [1.165, 1.54) is 6.26 Å². The predicted molar refractivity (Wildman–Crippen MR) is 34.1 cm³/mol. The highest BCUT2D eigenvalue weighted by Crippen LogP contribution is 2.12. The van der Waals surface area contributed by atoms with Gasteiger partial charge in [0.25, 0.3) is 0 Å². The molecule has 0 bridgehead atoms. The van der Waals surface area contributed by atoms with Crippen LogP contribution in [0.1, 0.15) is 0 Å². The number of hydrogen-bond donors (Lipinski definition) is 1. The van der Waals surface area contributed by atoms with Gasteiger partial charge < -0.3 is 4.42 Å². The number of aromatic nitrogens is 3. The van der Waals surface area contributed by atoms with Crippen molar-refractivity contribution in [3.05, 3.63) is 24.9 Å². The lowest BCUT2D eigenvalue weighted by atomic mass is 10.4. The zero-order valence-electron chi connectivity index (χ0n) is 5.11. The lowest BCUT2D eigenvalue weighted by Crippen LogP contribution is -1.68. The van der Waals surface area contributed by atoms with Gasteiger partial charge in [0.05, 0.1) is 18.0 Å². The minimum Gasteiger partial charge on any atom is -0.444 e. The van der Waals surface area contributed by atoms with Crippen molar-refractivity contribution in [3.8, 4) is 11.5 Å². The van der Waals surface area contributed by atoms with Gasteiger partial charge in [-0.1, -0.05) is 0 Å². The molecule has 0 aliphatic carbocycles. The second-order valence-corrected chi connectivity index (χ2v) is 1.82. The first-order chi connectivity index (χ1) is 4.97. The van der Waals surface area contributed by atoms with Gasteiger partial charge in [-0.2, -0.15) is 5.10 Å². The fourth-order valence-corrected chi connectivity index (χ4v) is 0.734. The van der Waals surface area contributed by atoms with E-state index in [0.717, 1.165) is 5.56 Å². The second-order valence-electron chi connectivity index (χ2n) is 1.82. The Labute approximate surface area is 56.9 Å². The highest BCUT2D eigenvalue weighted by atomic mass is 16.3. The first-order valence-electron chi connectivity index (χ1n) is 2.85. The Morgan fingerprint density at radius 3 is 3.10 bits per heavy atom. The number of hydrogen-bond acceptors (Lipinski definition) is 3. The third-order valence-electron chi connectivity index (χ3n) is 1.18. The molecule has 4 heteroatoms. The van der Waals surface area contributed by atoms with E-state index in [1.54, 1.807) is 18.6 Å². The van der Waals surface area contributed by atoms with Gasteiger partial charge in [-0.25, -0.2) is 4.98 Å². The van der Waals surface area contributed by atoms with E-state index >= 15 is 0 Å². The summed E-state index contributed by atoms with van der Waals surface area (Å²) in [6.45, 7) is 0. The molecule has 0 fully saturated rings. The quantitative estimate of drug-likeness (QED) is 0.636. The molecule has 2 aromatic rings. The third kappa shape index (κ3) is 0.699. The molecule has 0 amide bonds. The third-order valence-corrected chi connectivity index (χ3v) is 1.18. The van der Waals surface area contributed by atoms with E-state index in [9.17, 15) is 0 Å². The molecular weight excluding hydrogens is 130 g/mol. The van der Waals surface area contributed by atoms with Crippen LogP contribution in [-0.4, -0.2) is 15.2 Å².